The molecule has 0 radical (unpaired) electrons. The fraction of sp³-hybridized carbons (Fsp3) is 0.231. The third-order valence-electron chi connectivity index (χ3n) is 3.04. The first-order chi connectivity index (χ1) is 8.65. The molecule has 2 nitrogen and oxygen atoms in total. The fourth-order valence-electron chi connectivity index (χ4n) is 2.09. The number of H-pyrrole nitrogens is 1. The Kier molecular flexibility index (Phi) is 2.95. The fourth-order valence-corrected chi connectivity index (χ4v) is 3.54. The standard InChI is InChI=1S/C13H11FN2S2/c1-7-4-8(14)2-3-9(7)12-15-11-6-18-5-10(11)13(17)16-12/h2-4H,5-6H2,1H3,(H,15,16,17). The zero-order valence-corrected chi connectivity index (χ0v) is 11.4. The Labute approximate surface area is 114 Å². The quantitative estimate of drug-likeness (QED) is 0.799. The molecule has 2 aromatic rings. The summed E-state index contributed by atoms with van der Waals surface area (Å²) in [5.41, 5.74) is 4.05. The molecule has 1 aromatic carbocycles. The SMILES string of the molecule is Cc1cc(F)ccc1-c1nc(=S)c2c([nH]1)CSC2. The molecule has 5 heteroatoms. The summed E-state index contributed by atoms with van der Waals surface area (Å²) in [5, 5.41) is 0. The summed E-state index contributed by atoms with van der Waals surface area (Å²) in [4.78, 5) is 7.75. The van der Waals surface area contributed by atoms with Gasteiger partial charge < -0.3 is 4.98 Å². The van der Waals surface area contributed by atoms with Crippen LogP contribution in [-0.4, -0.2) is 9.97 Å². The lowest BCUT2D eigenvalue weighted by molar-refractivity contribution is 0.627. The molecule has 0 bridgehead atoms. The van der Waals surface area contributed by atoms with Crippen LogP contribution in [0.2, 0.25) is 0 Å². The summed E-state index contributed by atoms with van der Waals surface area (Å²) in [6.07, 6.45) is 0. The molecule has 18 heavy (non-hydrogen) atoms. The van der Waals surface area contributed by atoms with E-state index >= 15 is 0 Å². The van der Waals surface area contributed by atoms with Crippen LogP contribution in [0.5, 0.6) is 0 Å². The average molecular weight is 278 g/mol. The van der Waals surface area contributed by atoms with E-state index in [0.717, 1.165) is 39.7 Å². The number of nitrogens with one attached hydrogen (secondary N) is 1. The zero-order chi connectivity index (χ0) is 12.7. The molecular weight excluding hydrogens is 267 g/mol. The second kappa shape index (κ2) is 4.48. The lowest BCUT2D eigenvalue weighted by atomic mass is 10.1. The predicted octanol–water partition coefficient (Wildman–Crippen LogP) is 4.00. The molecule has 0 aliphatic carbocycles. The summed E-state index contributed by atoms with van der Waals surface area (Å²) >= 11 is 7.15. The number of fused-ring (bicyclic) bond motifs is 1. The molecule has 3 rings (SSSR count). The number of hydrogen-bond donors (Lipinski definition) is 1. The van der Waals surface area contributed by atoms with E-state index in [4.69, 9.17) is 12.2 Å². The van der Waals surface area contributed by atoms with E-state index in [1.165, 1.54) is 12.1 Å². The van der Waals surface area contributed by atoms with Gasteiger partial charge in [0, 0.05) is 28.3 Å². The molecular formula is C13H11FN2S2. The summed E-state index contributed by atoms with van der Waals surface area (Å²) < 4.78 is 13.8. The van der Waals surface area contributed by atoms with Crippen LogP contribution in [0.3, 0.4) is 0 Å². The summed E-state index contributed by atoms with van der Waals surface area (Å²) in [6.45, 7) is 1.87. The van der Waals surface area contributed by atoms with E-state index < -0.39 is 0 Å². The third kappa shape index (κ3) is 1.97. The first-order valence-corrected chi connectivity index (χ1v) is 7.18. The van der Waals surface area contributed by atoms with Gasteiger partial charge in [-0.15, -0.1) is 0 Å². The Balaban J connectivity index is 2.18. The number of hydrogen-bond acceptors (Lipinski definition) is 3. The maximum atomic E-state index is 13.1. The average Bonchev–Trinajstić information content (AvgIpc) is 2.77. The first kappa shape index (κ1) is 11.9. The number of halogens is 1. The minimum absolute atomic E-state index is 0.230. The third-order valence-corrected chi connectivity index (χ3v) is 4.36. The van der Waals surface area contributed by atoms with E-state index in [1.54, 1.807) is 6.07 Å². The van der Waals surface area contributed by atoms with E-state index in [1.807, 2.05) is 18.7 Å². The molecule has 1 aliphatic heterocycles. The number of rotatable bonds is 1. The molecule has 0 unspecified atom stereocenters. The number of aromatic amines is 1. The van der Waals surface area contributed by atoms with Crippen LogP contribution >= 0.6 is 24.0 Å². The molecule has 0 fully saturated rings. The number of nitrogens with zero attached hydrogens (tertiary/aromatic N) is 1. The minimum atomic E-state index is -0.230. The highest BCUT2D eigenvalue weighted by Crippen LogP contribution is 2.31. The van der Waals surface area contributed by atoms with Crippen LogP contribution < -0.4 is 0 Å². The molecule has 92 valence electrons. The van der Waals surface area contributed by atoms with Crippen LogP contribution in [0.15, 0.2) is 18.2 Å². The van der Waals surface area contributed by atoms with Crippen molar-refractivity contribution in [3.63, 3.8) is 0 Å². The van der Waals surface area contributed by atoms with Crippen molar-refractivity contribution in [2.24, 2.45) is 0 Å². The van der Waals surface area contributed by atoms with E-state index in [9.17, 15) is 4.39 Å². The Bertz CT molecular complexity index is 679. The zero-order valence-electron chi connectivity index (χ0n) is 9.79. The van der Waals surface area contributed by atoms with Gasteiger partial charge in [-0.2, -0.15) is 11.8 Å². The van der Waals surface area contributed by atoms with Crippen LogP contribution in [0.1, 0.15) is 16.8 Å². The van der Waals surface area contributed by atoms with Crippen molar-refractivity contribution in [2.45, 2.75) is 18.4 Å². The Morgan fingerprint density at radius 1 is 1.39 bits per heavy atom. The predicted molar refractivity (Wildman–Crippen MR) is 74.6 cm³/mol. The summed E-state index contributed by atoms with van der Waals surface area (Å²) in [6, 6.07) is 4.70. The molecule has 2 heterocycles. The van der Waals surface area contributed by atoms with Crippen LogP contribution in [0.25, 0.3) is 11.4 Å². The maximum absolute atomic E-state index is 13.1. The van der Waals surface area contributed by atoms with E-state index in [2.05, 4.69) is 9.97 Å². The van der Waals surface area contributed by atoms with Crippen molar-refractivity contribution in [3.8, 4) is 11.4 Å². The van der Waals surface area contributed by atoms with Crippen molar-refractivity contribution >= 4 is 24.0 Å². The van der Waals surface area contributed by atoms with Gasteiger partial charge in [0.2, 0.25) is 0 Å². The normalized spacial score (nSPS) is 13.7. The number of aryl methyl sites for hydroxylation is 1. The molecule has 1 aromatic heterocycles. The van der Waals surface area contributed by atoms with Gasteiger partial charge in [-0.05, 0) is 30.7 Å². The van der Waals surface area contributed by atoms with Crippen LogP contribution in [0.4, 0.5) is 4.39 Å². The van der Waals surface area contributed by atoms with E-state index in [-0.39, 0.29) is 5.82 Å². The lowest BCUT2D eigenvalue weighted by Gasteiger charge is -2.08. The Hall–Kier alpha value is -1.20. The Morgan fingerprint density at radius 3 is 3.00 bits per heavy atom. The number of thioether (sulfide) groups is 1. The summed E-state index contributed by atoms with van der Waals surface area (Å²) in [5.74, 6) is 2.38. The highest BCUT2D eigenvalue weighted by atomic mass is 32.2. The van der Waals surface area contributed by atoms with Gasteiger partial charge in [-0.1, -0.05) is 12.2 Å². The molecule has 0 saturated heterocycles. The monoisotopic (exact) mass is 278 g/mol. The second-order valence-corrected chi connectivity index (χ2v) is 5.67. The van der Waals surface area contributed by atoms with Crippen molar-refractivity contribution < 1.29 is 4.39 Å². The molecule has 0 spiro atoms. The van der Waals surface area contributed by atoms with Crippen molar-refractivity contribution in [2.75, 3.05) is 0 Å². The Morgan fingerprint density at radius 2 is 2.22 bits per heavy atom. The highest BCUT2D eigenvalue weighted by Gasteiger charge is 2.16. The van der Waals surface area contributed by atoms with Gasteiger partial charge in [-0.25, -0.2) is 9.37 Å². The molecule has 0 saturated carbocycles. The van der Waals surface area contributed by atoms with Gasteiger partial charge in [0.1, 0.15) is 16.3 Å². The number of aromatic nitrogens is 2. The van der Waals surface area contributed by atoms with Crippen molar-refractivity contribution in [1.29, 1.82) is 0 Å². The lowest BCUT2D eigenvalue weighted by Crippen LogP contribution is -1.98. The largest absolute Gasteiger partial charge is 0.342 e. The van der Waals surface area contributed by atoms with Gasteiger partial charge in [-0.3, -0.25) is 0 Å². The van der Waals surface area contributed by atoms with Crippen LogP contribution in [-0.2, 0) is 11.5 Å². The smallest absolute Gasteiger partial charge is 0.139 e. The number of benzene rings is 1. The molecule has 0 amide bonds. The van der Waals surface area contributed by atoms with Gasteiger partial charge in [0.25, 0.3) is 0 Å². The topological polar surface area (TPSA) is 28.7 Å². The molecule has 0 atom stereocenters. The van der Waals surface area contributed by atoms with E-state index in [0.29, 0.717) is 4.64 Å². The first-order valence-electron chi connectivity index (χ1n) is 5.61. The maximum Gasteiger partial charge on any atom is 0.139 e. The van der Waals surface area contributed by atoms with Crippen molar-refractivity contribution in [3.05, 3.63) is 45.5 Å². The second-order valence-electron chi connectivity index (χ2n) is 4.30. The molecule has 1 aliphatic rings. The van der Waals surface area contributed by atoms with Crippen molar-refractivity contribution in [1.82, 2.24) is 9.97 Å². The van der Waals surface area contributed by atoms with Gasteiger partial charge in [0.05, 0.1) is 0 Å². The summed E-state index contributed by atoms with van der Waals surface area (Å²) in [7, 11) is 0. The van der Waals surface area contributed by atoms with Gasteiger partial charge >= 0.3 is 0 Å². The molecule has 1 N–H and O–H groups in total. The minimum Gasteiger partial charge on any atom is -0.342 e. The van der Waals surface area contributed by atoms with Gasteiger partial charge in [0.15, 0.2) is 0 Å². The highest BCUT2D eigenvalue weighted by molar-refractivity contribution is 7.98. The van der Waals surface area contributed by atoms with Crippen LogP contribution in [0, 0.1) is 17.4 Å².